The molecule has 20 heavy (non-hydrogen) atoms. The van der Waals surface area contributed by atoms with E-state index in [4.69, 9.17) is 13.9 Å². The van der Waals surface area contributed by atoms with Crippen LogP contribution in [0.1, 0.15) is 12.0 Å². The molecule has 0 bridgehead atoms. The number of hydrogen-bond donors (Lipinski definition) is 0. The monoisotopic (exact) mass is 274 g/mol. The molecule has 0 spiro atoms. The van der Waals surface area contributed by atoms with E-state index >= 15 is 0 Å². The van der Waals surface area contributed by atoms with Crippen LogP contribution in [0.5, 0.6) is 11.7 Å². The summed E-state index contributed by atoms with van der Waals surface area (Å²) in [4.78, 5) is 23.2. The number of carbonyl (C=O) groups is 2. The summed E-state index contributed by atoms with van der Waals surface area (Å²) in [5.74, 6) is -0.0316. The van der Waals surface area contributed by atoms with Gasteiger partial charge in [0.25, 0.3) is 5.95 Å². The van der Waals surface area contributed by atoms with Crippen LogP contribution in [-0.2, 0) is 16.0 Å². The molecule has 0 fully saturated rings. The minimum atomic E-state index is -0.626. The SMILES string of the molecule is COc1ccc(CC(=O)CC(=O)Oc2ccco2)cc1. The predicted molar refractivity (Wildman–Crippen MR) is 70.7 cm³/mol. The number of esters is 1. The molecule has 1 aromatic carbocycles. The fourth-order valence-electron chi connectivity index (χ4n) is 1.66. The Labute approximate surface area is 116 Å². The standard InChI is InChI=1S/C15H14O5/c1-18-13-6-4-11(5-7-13)9-12(16)10-14(17)20-15-3-2-8-19-15/h2-8H,9-10H2,1H3. The van der Waals surface area contributed by atoms with Crippen LogP contribution in [0.2, 0.25) is 0 Å². The van der Waals surface area contributed by atoms with Crippen molar-refractivity contribution in [3.8, 4) is 11.7 Å². The van der Waals surface area contributed by atoms with Crippen molar-refractivity contribution < 1.29 is 23.5 Å². The second-order valence-corrected chi connectivity index (χ2v) is 4.15. The first-order valence-electron chi connectivity index (χ1n) is 6.06. The van der Waals surface area contributed by atoms with E-state index in [-0.39, 0.29) is 24.6 Å². The van der Waals surface area contributed by atoms with Crippen LogP contribution in [-0.4, -0.2) is 18.9 Å². The molecule has 0 saturated carbocycles. The molecule has 0 aliphatic heterocycles. The highest BCUT2D eigenvalue weighted by Gasteiger charge is 2.13. The summed E-state index contributed by atoms with van der Waals surface area (Å²) in [6.07, 6.45) is 1.28. The third-order valence-corrected chi connectivity index (χ3v) is 2.61. The average molecular weight is 274 g/mol. The Hall–Kier alpha value is -2.56. The highest BCUT2D eigenvalue weighted by Crippen LogP contribution is 2.13. The highest BCUT2D eigenvalue weighted by atomic mass is 16.6. The number of ether oxygens (including phenoxy) is 2. The van der Waals surface area contributed by atoms with Gasteiger partial charge in [-0.3, -0.25) is 9.59 Å². The lowest BCUT2D eigenvalue weighted by Gasteiger charge is -2.03. The van der Waals surface area contributed by atoms with Gasteiger partial charge in [-0.15, -0.1) is 0 Å². The predicted octanol–water partition coefficient (Wildman–Crippen LogP) is 2.40. The minimum absolute atomic E-state index is 0.0900. The summed E-state index contributed by atoms with van der Waals surface area (Å²) in [6, 6.07) is 10.2. The average Bonchev–Trinajstić information content (AvgIpc) is 2.92. The topological polar surface area (TPSA) is 65.7 Å². The summed E-state index contributed by atoms with van der Waals surface area (Å²) in [5.41, 5.74) is 0.821. The molecule has 1 aromatic heterocycles. The lowest BCUT2D eigenvalue weighted by atomic mass is 10.1. The fourth-order valence-corrected chi connectivity index (χ4v) is 1.66. The fraction of sp³-hybridized carbons (Fsp3) is 0.200. The van der Waals surface area contributed by atoms with Crippen molar-refractivity contribution in [1.29, 1.82) is 0 Å². The van der Waals surface area contributed by atoms with Crippen LogP contribution < -0.4 is 9.47 Å². The van der Waals surface area contributed by atoms with E-state index in [1.807, 2.05) is 0 Å². The van der Waals surface area contributed by atoms with Crippen molar-refractivity contribution in [2.45, 2.75) is 12.8 Å². The van der Waals surface area contributed by atoms with Gasteiger partial charge in [0.2, 0.25) is 0 Å². The number of ketones is 1. The highest BCUT2D eigenvalue weighted by molar-refractivity contribution is 5.97. The first kappa shape index (κ1) is 13.9. The summed E-state index contributed by atoms with van der Waals surface area (Å²) in [6.45, 7) is 0. The maximum Gasteiger partial charge on any atom is 0.321 e. The van der Waals surface area contributed by atoms with Crippen molar-refractivity contribution in [3.05, 3.63) is 48.2 Å². The zero-order valence-electron chi connectivity index (χ0n) is 11.0. The van der Waals surface area contributed by atoms with Gasteiger partial charge in [-0.1, -0.05) is 12.1 Å². The number of hydrogen-bond acceptors (Lipinski definition) is 5. The van der Waals surface area contributed by atoms with E-state index in [0.717, 1.165) is 11.3 Å². The molecule has 0 amide bonds. The van der Waals surface area contributed by atoms with Crippen molar-refractivity contribution in [2.24, 2.45) is 0 Å². The summed E-state index contributed by atoms with van der Waals surface area (Å²) in [5, 5.41) is 0. The Morgan fingerprint density at radius 3 is 2.50 bits per heavy atom. The van der Waals surface area contributed by atoms with Gasteiger partial charge in [0.05, 0.1) is 13.4 Å². The van der Waals surface area contributed by atoms with Gasteiger partial charge in [-0.2, -0.15) is 0 Å². The van der Waals surface area contributed by atoms with Gasteiger partial charge in [0.1, 0.15) is 18.0 Å². The summed E-state index contributed by atoms with van der Waals surface area (Å²) in [7, 11) is 1.57. The second kappa shape index (κ2) is 6.56. The molecular formula is C15H14O5. The Morgan fingerprint density at radius 1 is 1.15 bits per heavy atom. The smallest absolute Gasteiger partial charge is 0.321 e. The molecule has 0 aliphatic rings. The molecular weight excluding hydrogens is 260 g/mol. The maximum atomic E-state index is 11.7. The van der Waals surface area contributed by atoms with Crippen LogP contribution in [0.15, 0.2) is 47.1 Å². The molecule has 0 saturated heterocycles. The van der Waals surface area contributed by atoms with Gasteiger partial charge in [0, 0.05) is 12.5 Å². The number of carbonyl (C=O) groups excluding carboxylic acids is 2. The van der Waals surface area contributed by atoms with Crippen LogP contribution in [0, 0.1) is 0 Å². The molecule has 0 N–H and O–H groups in total. The van der Waals surface area contributed by atoms with Crippen molar-refractivity contribution in [3.63, 3.8) is 0 Å². The maximum absolute atomic E-state index is 11.7. The van der Waals surface area contributed by atoms with E-state index < -0.39 is 5.97 Å². The quantitative estimate of drug-likeness (QED) is 0.597. The van der Waals surface area contributed by atoms with Gasteiger partial charge in [0.15, 0.2) is 0 Å². The lowest BCUT2D eigenvalue weighted by Crippen LogP contribution is -2.15. The second-order valence-electron chi connectivity index (χ2n) is 4.15. The van der Waals surface area contributed by atoms with E-state index in [0.29, 0.717) is 0 Å². The summed E-state index contributed by atoms with van der Waals surface area (Å²) >= 11 is 0. The molecule has 2 rings (SSSR count). The van der Waals surface area contributed by atoms with E-state index in [1.165, 1.54) is 12.3 Å². The number of benzene rings is 1. The zero-order valence-corrected chi connectivity index (χ0v) is 11.0. The van der Waals surface area contributed by atoms with E-state index in [9.17, 15) is 9.59 Å². The first-order chi connectivity index (χ1) is 9.67. The van der Waals surface area contributed by atoms with Crippen LogP contribution in [0.3, 0.4) is 0 Å². The first-order valence-corrected chi connectivity index (χ1v) is 6.06. The van der Waals surface area contributed by atoms with Crippen LogP contribution in [0.4, 0.5) is 0 Å². The molecule has 2 aromatic rings. The molecule has 5 nitrogen and oxygen atoms in total. The summed E-state index contributed by atoms with van der Waals surface area (Å²) < 4.78 is 14.7. The molecule has 0 radical (unpaired) electrons. The third-order valence-electron chi connectivity index (χ3n) is 2.61. The number of Topliss-reactive ketones (excluding diaryl/α,β-unsaturated/α-hetero) is 1. The molecule has 0 atom stereocenters. The zero-order chi connectivity index (χ0) is 14.4. The largest absolute Gasteiger partial charge is 0.497 e. The Bertz CT molecular complexity index is 569. The normalized spacial score (nSPS) is 10.1. The van der Waals surface area contributed by atoms with Gasteiger partial charge in [-0.25, -0.2) is 0 Å². The van der Waals surface area contributed by atoms with Gasteiger partial charge >= 0.3 is 5.97 Å². The molecule has 104 valence electrons. The third kappa shape index (κ3) is 3.98. The minimum Gasteiger partial charge on any atom is -0.497 e. The lowest BCUT2D eigenvalue weighted by molar-refractivity contribution is -0.138. The Balaban J connectivity index is 1.83. The van der Waals surface area contributed by atoms with Crippen molar-refractivity contribution in [2.75, 3.05) is 7.11 Å². The number of methoxy groups -OCH3 is 1. The Kier molecular flexibility index (Phi) is 4.55. The molecule has 5 heteroatoms. The van der Waals surface area contributed by atoms with Crippen LogP contribution in [0.25, 0.3) is 0 Å². The molecule has 1 heterocycles. The van der Waals surface area contributed by atoms with Crippen LogP contribution >= 0.6 is 0 Å². The van der Waals surface area contributed by atoms with E-state index in [2.05, 4.69) is 0 Å². The van der Waals surface area contributed by atoms with E-state index in [1.54, 1.807) is 37.4 Å². The molecule has 0 aliphatic carbocycles. The van der Waals surface area contributed by atoms with Crippen molar-refractivity contribution >= 4 is 11.8 Å². The van der Waals surface area contributed by atoms with Gasteiger partial charge < -0.3 is 13.9 Å². The number of rotatable bonds is 6. The molecule has 0 unspecified atom stereocenters. The van der Waals surface area contributed by atoms with Crippen molar-refractivity contribution in [1.82, 2.24) is 0 Å². The number of furan rings is 1. The Morgan fingerprint density at radius 2 is 1.90 bits per heavy atom. The van der Waals surface area contributed by atoms with Gasteiger partial charge in [-0.05, 0) is 23.8 Å².